The van der Waals surface area contributed by atoms with Crippen LogP contribution < -0.4 is 10.6 Å². The summed E-state index contributed by atoms with van der Waals surface area (Å²) in [5.74, 6) is -0.217. The van der Waals surface area contributed by atoms with Gasteiger partial charge in [-0.3, -0.25) is 9.78 Å². The summed E-state index contributed by atoms with van der Waals surface area (Å²) in [5.41, 5.74) is 3.09. The highest BCUT2D eigenvalue weighted by Gasteiger charge is 2.15. The Morgan fingerprint density at radius 1 is 1.30 bits per heavy atom. The van der Waals surface area contributed by atoms with Crippen LogP contribution in [0.3, 0.4) is 0 Å². The highest BCUT2D eigenvalue weighted by atomic mass is 79.9. The molecule has 0 saturated heterocycles. The number of halogens is 1. The summed E-state index contributed by atoms with van der Waals surface area (Å²) < 4.78 is 6.23. The fourth-order valence-electron chi connectivity index (χ4n) is 2.89. The summed E-state index contributed by atoms with van der Waals surface area (Å²) in [6.07, 6.45) is 6.19. The third-order valence-corrected chi connectivity index (χ3v) is 4.64. The zero-order valence-corrected chi connectivity index (χ0v) is 14.6. The summed E-state index contributed by atoms with van der Waals surface area (Å²) in [7, 11) is 0. The van der Waals surface area contributed by atoms with Crippen LogP contribution in [0.15, 0.2) is 36.5 Å². The number of aromatic nitrogens is 1. The van der Waals surface area contributed by atoms with Crippen LogP contribution in [-0.4, -0.2) is 17.6 Å². The first-order valence-electron chi connectivity index (χ1n) is 7.78. The molecule has 0 atom stereocenters. The molecule has 0 fully saturated rings. The van der Waals surface area contributed by atoms with Crippen LogP contribution in [0.25, 0.3) is 21.7 Å². The van der Waals surface area contributed by atoms with Gasteiger partial charge < -0.3 is 4.74 Å². The van der Waals surface area contributed by atoms with E-state index in [9.17, 15) is 4.79 Å². The third kappa shape index (κ3) is 3.37. The van der Waals surface area contributed by atoms with Gasteiger partial charge in [-0.25, -0.2) is 0 Å². The number of carbonyl (C=O) groups is 1. The van der Waals surface area contributed by atoms with E-state index in [-0.39, 0.29) is 12.4 Å². The maximum absolute atomic E-state index is 12.0. The van der Waals surface area contributed by atoms with Crippen LogP contribution >= 0.6 is 15.9 Å². The fraction of sp³-hybridized carbons (Fsp3) is 0.263. The monoisotopic (exact) mass is 371 g/mol. The standard InChI is InChI=1S/C19H18BrNO2/c1-2-23-17(22)11-14-12-21-19-15(9-6-10-16(19)20)18(14)13-7-4-3-5-8-13/h3-5,7-9,12H,2,6,10-11H2,1H3. The summed E-state index contributed by atoms with van der Waals surface area (Å²) in [6.45, 7) is 2.21. The van der Waals surface area contributed by atoms with E-state index in [0.717, 1.165) is 44.6 Å². The van der Waals surface area contributed by atoms with Gasteiger partial charge in [0.15, 0.2) is 0 Å². The van der Waals surface area contributed by atoms with Crippen LogP contribution in [0.1, 0.15) is 25.3 Å². The Morgan fingerprint density at radius 3 is 2.83 bits per heavy atom. The number of carbonyl (C=O) groups excluding carboxylic acids is 1. The zero-order chi connectivity index (χ0) is 16.2. The van der Waals surface area contributed by atoms with E-state index in [1.165, 1.54) is 0 Å². The number of benzene rings is 1. The lowest BCUT2D eigenvalue weighted by molar-refractivity contribution is -0.142. The van der Waals surface area contributed by atoms with Gasteiger partial charge in [-0.15, -0.1) is 0 Å². The Morgan fingerprint density at radius 2 is 2.09 bits per heavy atom. The first-order valence-corrected chi connectivity index (χ1v) is 8.57. The molecule has 0 spiro atoms. The first kappa shape index (κ1) is 15.9. The van der Waals surface area contributed by atoms with E-state index in [2.05, 4.69) is 39.1 Å². The van der Waals surface area contributed by atoms with E-state index >= 15 is 0 Å². The van der Waals surface area contributed by atoms with E-state index in [1.54, 1.807) is 6.20 Å². The second-order valence-electron chi connectivity index (χ2n) is 5.42. The van der Waals surface area contributed by atoms with Crippen molar-refractivity contribution in [3.63, 3.8) is 0 Å². The average molecular weight is 372 g/mol. The Balaban J connectivity index is 2.22. The molecule has 1 aromatic heterocycles. The van der Waals surface area contributed by atoms with Crippen molar-refractivity contribution < 1.29 is 9.53 Å². The van der Waals surface area contributed by atoms with Crippen molar-refractivity contribution in [2.24, 2.45) is 0 Å². The zero-order valence-electron chi connectivity index (χ0n) is 13.0. The molecule has 0 bridgehead atoms. The molecule has 2 aromatic rings. The number of pyridine rings is 1. The van der Waals surface area contributed by atoms with Gasteiger partial charge in [0.05, 0.1) is 18.4 Å². The van der Waals surface area contributed by atoms with Gasteiger partial charge in [0, 0.05) is 15.9 Å². The Hall–Kier alpha value is -1.94. The Bertz CT molecular complexity index is 844. The molecule has 3 nitrogen and oxygen atoms in total. The van der Waals surface area contributed by atoms with Gasteiger partial charge in [0.25, 0.3) is 0 Å². The minimum absolute atomic E-state index is 0.217. The molecule has 0 N–H and O–H groups in total. The van der Waals surface area contributed by atoms with E-state index < -0.39 is 0 Å². The van der Waals surface area contributed by atoms with Crippen LogP contribution in [0.5, 0.6) is 0 Å². The predicted molar refractivity (Wildman–Crippen MR) is 95.3 cm³/mol. The van der Waals surface area contributed by atoms with Crippen LogP contribution in [0.2, 0.25) is 0 Å². The highest BCUT2D eigenvalue weighted by Crippen LogP contribution is 2.22. The largest absolute Gasteiger partial charge is 0.466 e. The molecule has 4 heteroatoms. The molecule has 3 rings (SSSR count). The van der Waals surface area contributed by atoms with Gasteiger partial charge in [-0.2, -0.15) is 0 Å². The molecule has 23 heavy (non-hydrogen) atoms. The number of ether oxygens (including phenoxy) is 1. The van der Waals surface area contributed by atoms with E-state index in [4.69, 9.17) is 4.74 Å². The second kappa shape index (κ2) is 7.09. The Labute approximate surface area is 143 Å². The lowest BCUT2D eigenvalue weighted by Gasteiger charge is -2.14. The van der Waals surface area contributed by atoms with Gasteiger partial charge in [0.2, 0.25) is 0 Å². The normalized spacial score (nSPS) is 13.2. The molecule has 1 aromatic carbocycles. The summed E-state index contributed by atoms with van der Waals surface area (Å²) in [4.78, 5) is 16.5. The number of fused-ring (bicyclic) bond motifs is 1. The molecular weight excluding hydrogens is 354 g/mol. The second-order valence-corrected chi connectivity index (χ2v) is 6.37. The van der Waals surface area contributed by atoms with Crippen LogP contribution in [0, 0.1) is 0 Å². The summed E-state index contributed by atoms with van der Waals surface area (Å²) in [6, 6.07) is 10.2. The van der Waals surface area contributed by atoms with E-state index in [1.807, 2.05) is 25.1 Å². The predicted octanol–water partition coefficient (Wildman–Crippen LogP) is 2.93. The number of hydrogen-bond acceptors (Lipinski definition) is 3. The molecule has 118 valence electrons. The van der Waals surface area contributed by atoms with Crippen LogP contribution in [0.4, 0.5) is 0 Å². The van der Waals surface area contributed by atoms with Crippen molar-refractivity contribution in [3.05, 3.63) is 52.7 Å². The molecule has 0 amide bonds. The first-order chi connectivity index (χ1) is 11.2. The van der Waals surface area contributed by atoms with Crippen molar-refractivity contribution in [1.82, 2.24) is 4.98 Å². The third-order valence-electron chi connectivity index (χ3n) is 3.87. The number of esters is 1. The molecular formula is C19H18BrNO2. The summed E-state index contributed by atoms with van der Waals surface area (Å²) in [5, 5.41) is 2.08. The lowest BCUT2D eigenvalue weighted by atomic mass is 9.95. The topological polar surface area (TPSA) is 39.2 Å². The average Bonchev–Trinajstić information content (AvgIpc) is 2.56. The fourth-order valence-corrected chi connectivity index (χ4v) is 3.44. The van der Waals surface area contributed by atoms with Gasteiger partial charge in [-0.1, -0.05) is 52.3 Å². The van der Waals surface area contributed by atoms with Crippen molar-refractivity contribution in [2.75, 3.05) is 6.61 Å². The smallest absolute Gasteiger partial charge is 0.310 e. The van der Waals surface area contributed by atoms with Crippen molar-refractivity contribution in [3.8, 4) is 11.1 Å². The minimum Gasteiger partial charge on any atom is -0.466 e. The number of rotatable bonds is 4. The van der Waals surface area contributed by atoms with Gasteiger partial charge >= 0.3 is 5.97 Å². The summed E-state index contributed by atoms with van der Waals surface area (Å²) >= 11 is 3.64. The molecule has 0 saturated carbocycles. The quantitative estimate of drug-likeness (QED) is 0.775. The highest BCUT2D eigenvalue weighted by molar-refractivity contribution is 9.14. The number of nitrogens with zero attached hydrogens (tertiary/aromatic N) is 1. The molecule has 1 heterocycles. The lowest BCUT2D eigenvalue weighted by Crippen LogP contribution is -2.34. The maximum atomic E-state index is 12.0. The molecule has 0 radical (unpaired) electrons. The maximum Gasteiger partial charge on any atom is 0.310 e. The molecule has 1 aliphatic rings. The minimum atomic E-state index is -0.217. The molecule has 0 unspecified atom stereocenters. The molecule has 0 aliphatic heterocycles. The SMILES string of the molecule is CCOC(=O)Cc1cnc2c(c1-c1ccccc1)=CCCC=2Br. The van der Waals surface area contributed by atoms with Crippen molar-refractivity contribution >= 4 is 32.5 Å². The van der Waals surface area contributed by atoms with Crippen molar-refractivity contribution in [1.29, 1.82) is 0 Å². The van der Waals surface area contributed by atoms with Crippen LogP contribution in [-0.2, 0) is 16.0 Å². The molecule has 1 aliphatic carbocycles. The van der Waals surface area contributed by atoms with Crippen molar-refractivity contribution in [2.45, 2.75) is 26.2 Å². The number of hydrogen-bond donors (Lipinski definition) is 0. The van der Waals surface area contributed by atoms with Gasteiger partial charge in [0.1, 0.15) is 0 Å². The van der Waals surface area contributed by atoms with Gasteiger partial charge in [-0.05, 0) is 36.5 Å². The van der Waals surface area contributed by atoms with E-state index in [0.29, 0.717) is 6.61 Å². The Kier molecular flexibility index (Phi) is 4.91.